The highest BCUT2D eigenvalue weighted by atomic mass is 35.5. The molecule has 0 unspecified atom stereocenters. The second-order valence-corrected chi connectivity index (χ2v) is 9.79. The van der Waals surface area contributed by atoms with Crippen LogP contribution in [-0.4, -0.2) is 64.9 Å². The van der Waals surface area contributed by atoms with E-state index in [1.54, 1.807) is 13.0 Å². The molecule has 3 heterocycles. The summed E-state index contributed by atoms with van der Waals surface area (Å²) in [6.07, 6.45) is 3.00. The Labute approximate surface area is 205 Å². The molecule has 0 saturated carbocycles. The Morgan fingerprint density at radius 2 is 1.97 bits per heavy atom. The summed E-state index contributed by atoms with van der Waals surface area (Å²) < 4.78 is 19.5. The summed E-state index contributed by atoms with van der Waals surface area (Å²) in [7, 11) is 0. The molecule has 1 aromatic heterocycles. The molecule has 2 saturated heterocycles. The minimum atomic E-state index is -0.486. The third kappa shape index (κ3) is 5.48. The van der Waals surface area contributed by atoms with E-state index in [1.165, 1.54) is 12.3 Å². The number of aromatic nitrogens is 1. The molecule has 0 bridgehead atoms. The number of piperazine rings is 1. The van der Waals surface area contributed by atoms with E-state index in [0.29, 0.717) is 24.7 Å². The van der Waals surface area contributed by atoms with E-state index in [2.05, 4.69) is 16.8 Å². The van der Waals surface area contributed by atoms with Crippen LogP contribution < -0.4 is 0 Å². The topological polar surface area (TPSA) is 62.7 Å². The number of aryl methyl sites for hydroxylation is 1. The van der Waals surface area contributed by atoms with Crippen LogP contribution in [0.15, 0.2) is 24.4 Å². The molecule has 2 atom stereocenters. The van der Waals surface area contributed by atoms with Crippen molar-refractivity contribution in [1.82, 2.24) is 14.8 Å². The van der Waals surface area contributed by atoms with Gasteiger partial charge in [0.25, 0.3) is 5.91 Å². The number of carbonyl (C=O) groups is 2. The lowest BCUT2D eigenvalue weighted by Gasteiger charge is -2.41. The number of rotatable bonds is 6. The van der Waals surface area contributed by atoms with Gasteiger partial charge in [-0.25, -0.2) is 4.39 Å². The molecule has 2 aromatic rings. The number of ether oxygens (including phenoxy) is 1. The van der Waals surface area contributed by atoms with Crippen LogP contribution in [0.4, 0.5) is 4.39 Å². The highest BCUT2D eigenvalue weighted by molar-refractivity contribution is 6.30. The van der Waals surface area contributed by atoms with Gasteiger partial charge >= 0.3 is 0 Å². The number of hydrogen-bond donors (Lipinski definition) is 0. The van der Waals surface area contributed by atoms with Crippen molar-refractivity contribution in [3.63, 3.8) is 0 Å². The van der Waals surface area contributed by atoms with Crippen LogP contribution in [0.1, 0.15) is 52.5 Å². The van der Waals surface area contributed by atoms with Gasteiger partial charge in [0.15, 0.2) is 5.78 Å². The smallest absolute Gasteiger partial charge is 0.252 e. The molecule has 0 radical (unpaired) electrons. The highest BCUT2D eigenvalue weighted by Crippen LogP contribution is 2.25. The molecule has 0 aliphatic carbocycles. The zero-order valence-electron chi connectivity index (χ0n) is 19.9. The summed E-state index contributed by atoms with van der Waals surface area (Å²) in [6, 6.07) is 5.07. The Kier molecular flexibility index (Phi) is 7.65. The van der Waals surface area contributed by atoms with E-state index in [1.807, 2.05) is 17.9 Å². The number of hydrogen-bond acceptors (Lipinski definition) is 5. The van der Waals surface area contributed by atoms with Gasteiger partial charge in [0, 0.05) is 62.0 Å². The maximum atomic E-state index is 13.9. The second kappa shape index (κ2) is 10.5. The maximum absolute atomic E-state index is 13.9. The first-order valence-electron chi connectivity index (χ1n) is 11.8. The first-order valence-corrected chi connectivity index (χ1v) is 12.2. The molecular weight excluding hydrogens is 457 g/mol. The van der Waals surface area contributed by atoms with Crippen LogP contribution in [0.5, 0.6) is 0 Å². The summed E-state index contributed by atoms with van der Waals surface area (Å²) in [4.78, 5) is 33.8. The van der Waals surface area contributed by atoms with Crippen molar-refractivity contribution < 1.29 is 18.7 Å². The fourth-order valence-corrected chi connectivity index (χ4v) is 5.04. The third-order valence-corrected chi connectivity index (χ3v) is 7.10. The minimum absolute atomic E-state index is 0.0925. The largest absolute Gasteiger partial charge is 0.368 e. The number of carbonyl (C=O) groups excluding carboxylic acids is 2. The van der Waals surface area contributed by atoms with Crippen molar-refractivity contribution in [2.75, 3.05) is 26.2 Å². The molecule has 34 heavy (non-hydrogen) atoms. The minimum Gasteiger partial charge on any atom is -0.368 e. The Morgan fingerprint density at radius 1 is 1.21 bits per heavy atom. The number of Topliss-reactive ketones (excluding diaryl/α,β-unsaturated/α-hetero) is 1. The van der Waals surface area contributed by atoms with E-state index in [9.17, 15) is 14.0 Å². The van der Waals surface area contributed by atoms with Crippen LogP contribution in [0.2, 0.25) is 5.02 Å². The monoisotopic (exact) mass is 487 g/mol. The summed E-state index contributed by atoms with van der Waals surface area (Å²) in [6.45, 7) is 9.16. The summed E-state index contributed by atoms with van der Waals surface area (Å²) in [5.41, 5.74) is 3.40. The quantitative estimate of drug-likeness (QED) is 0.573. The Hall–Kier alpha value is -2.35. The number of pyridine rings is 1. The van der Waals surface area contributed by atoms with Crippen LogP contribution in [0, 0.1) is 19.7 Å². The van der Waals surface area contributed by atoms with Gasteiger partial charge in [-0.05, 0) is 68.5 Å². The SMILES string of the molecule is Cc1ncc(C(=O)Cc2cc(Cl)cc(CN3CCN(C(=O)[C@@H]4CCCO4)[C@@H](C)C3)c2C)cc1F. The fraction of sp³-hybridized carbons (Fsp3) is 0.500. The van der Waals surface area contributed by atoms with Gasteiger partial charge in [-0.3, -0.25) is 19.5 Å². The molecule has 2 fully saturated rings. The lowest BCUT2D eigenvalue weighted by Crippen LogP contribution is -2.55. The zero-order valence-corrected chi connectivity index (χ0v) is 20.7. The van der Waals surface area contributed by atoms with Crippen molar-refractivity contribution in [3.8, 4) is 0 Å². The summed E-state index contributed by atoms with van der Waals surface area (Å²) in [5, 5.41) is 0.567. The molecule has 6 nitrogen and oxygen atoms in total. The number of halogens is 2. The van der Waals surface area contributed by atoms with Crippen LogP contribution in [0.25, 0.3) is 0 Å². The molecule has 1 aromatic carbocycles. The molecule has 182 valence electrons. The van der Waals surface area contributed by atoms with Gasteiger partial charge in [-0.15, -0.1) is 0 Å². The zero-order chi connectivity index (χ0) is 24.4. The lowest BCUT2D eigenvalue weighted by molar-refractivity contribution is -0.145. The number of nitrogens with zero attached hydrogens (tertiary/aromatic N) is 3. The van der Waals surface area contributed by atoms with Gasteiger partial charge in [-0.2, -0.15) is 0 Å². The van der Waals surface area contributed by atoms with Crippen molar-refractivity contribution in [2.24, 2.45) is 0 Å². The first kappa shape index (κ1) is 24.8. The third-order valence-electron chi connectivity index (χ3n) is 6.88. The molecule has 0 spiro atoms. The van der Waals surface area contributed by atoms with Gasteiger partial charge in [-0.1, -0.05) is 11.6 Å². The highest BCUT2D eigenvalue weighted by Gasteiger charge is 2.34. The van der Waals surface area contributed by atoms with E-state index in [-0.39, 0.29) is 41.5 Å². The second-order valence-electron chi connectivity index (χ2n) is 9.36. The molecule has 2 aliphatic rings. The van der Waals surface area contributed by atoms with E-state index < -0.39 is 5.82 Å². The Balaban J connectivity index is 1.43. The number of benzene rings is 1. The van der Waals surface area contributed by atoms with Crippen LogP contribution in [0.3, 0.4) is 0 Å². The van der Waals surface area contributed by atoms with E-state index in [0.717, 1.165) is 42.6 Å². The molecule has 2 aliphatic heterocycles. The average molecular weight is 488 g/mol. The molecule has 1 amide bonds. The predicted octanol–water partition coefficient (Wildman–Crippen LogP) is 4.13. The van der Waals surface area contributed by atoms with Gasteiger partial charge < -0.3 is 9.64 Å². The molecule has 0 N–H and O–H groups in total. The van der Waals surface area contributed by atoms with Gasteiger partial charge in [0.05, 0.1) is 5.69 Å². The van der Waals surface area contributed by atoms with E-state index >= 15 is 0 Å². The van der Waals surface area contributed by atoms with Gasteiger partial charge in [0.2, 0.25) is 0 Å². The van der Waals surface area contributed by atoms with Crippen molar-refractivity contribution in [2.45, 2.75) is 58.7 Å². The van der Waals surface area contributed by atoms with Crippen molar-refractivity contribution in [3.05, 3.63) is 63.2 Å². The van der Waals surface area contributed by atoms with Crippen molar-refractivity contribution >= 4 is 23.3 Å². The normalized spacial score (nSPS) is 21.1. The molecule has 4 rings (SSSR count). The predicted molar refractivity (Wildman–Crippen MR) is 129 cm³/mol. The number of ketones is 1. The lowest BCUT2D eigenvalue weighted by atomic mass is 9.96. The standard InChI is InChI=1S/C26H31ClFN3O3/c1-16-14-30(6-7-31(16)26(33)25-5-4-8-34-25)15-21-10-22(27)9-19(17(21)2)12-24(32)20-11-23(28)18(3)29-13-20/h9-11,13,16,25H,4-8,12,14-15H2,1-3H3/t16-,25-/m0/s1. The van der Waals surface area contributed by atoms with Crippen LogP contribution in [-0.2, 0) is 22.5 Å². The van der Waals surface area contributed by atoms with Crippen LogP contribution >= 0.6 is 11.6 Å². The fourth-order valence-electron chi connectivity index (χ4n) is 4.78. The van der Waals surface area contributed by atoms with E-state index in [4.69, 9.17) is 16.3 Å². The Morgan fingerprint density at radius 3 is 2.65 bits per heavy atom. The summed E-state index contributed by atoms with van der Waals surface area (Å²) in [5.74, 6) is -0.579. The maximum Gasteiger partial charge on any atom is 0.252 e. The molecular formula is C26H31ClFN3O3. The number of amides is 1. The summed E-state index contributed by atoms with van der Waals surface area (Å²) >= 11 is 6.41. The average Bonchev–Trinajstić information content (AvgIpc) is 3.33. The van der Waals surface area contributed by atoms with Crippen molar-refractivity contribution in [1.29, 1.82) is 0 Å². The first-order chi connectivity index (χ1) is 16.2. The molecule has 8 heteroatoms. The Bertz CT molecular complexity index is 1090. The van der Waals surface area contributed by atoms with Gasteiger partial charge in [0.1, 0.15) is 11.9 Å².